The fourth-order valence-electron chi connectivity index (χ4n) is 2.70. The van der Waals surface area contributed by atoms with Gasteiger partial charge in [-0.25, -0.2) is 0 Å². The second-order valence-electron chi connectivity index (χ2n) is 4.78. The second-order valence-corrected chi connectivity index (χ2v) is 4.78. The average Bonchev–Trinajstić information content (AvgIpc) is 2.27. The van der Waals surface area contributed by atoms with Crippen molar-refractivity contribution in [3.63, 3.8) is 0 Å². The lowest BCUT2D eigenvalue weighted by atomic mass is 9.73. The number of ketones is 1. The Morgan fingerprint density at radius 2 is 2.00 bits per heavy atom. The van der Waals surface area contributed by atoms with Crippen LogP contribution in [0.3, 0.4) is 0 Å². The first-order chi connectivity index (χ1) is 7.76. The van der Waals surface area contributed by atoms with Crippen LogP contribution in [0.5, 0.6) is 0 Å². The molecule has 0 fully saturated rings. The molecule has 0 bridgehead atoms. The van der Waals surface area contributed by atoms with Gasteiger partial charge in [0.1, 0.15) is 5.78 Å². The van der Waals surface area contributed by atoms with E-state index in [9.17, 15) is 4.79 Å². The van der Waals surface area contributed by atoms with Gasteiger partial charge in [-0.2, -0.15) is 0 Å². The Balaban J connectivity index is 1.96. The zero-order valence-corrected chi connectivity index (χ0v) is 10.2. The van der Waals surface area contributed by atoms with Crippen LogP contribution >= 0.6 is 0 Å². The third-order valence-corrected chi connectivity index (χ3v) is 3.85. The predicted molar refractivity (Wildman–Crippen MR) is 66.6 cm³/mol. The van der Waals surface area contributed by atoms with Gasteiger partial charge in [0.25, 0.3) is 0 Å². The molecule has 0 aliphatic heterocycles. The summed E-state index contributed by atoms with van der Waals surface area (Å²) in [6.45, 7) is 4.22. The maximum Gasteiger partial charge on any atom is 0.136 e. The maximum atomic E-state index is 12.0. The first kappa shape index (κ1) is 11.4. The first-order valence-electron chi connectivity index (χ1n) is 6.36. The first-order valence-corrected chi connectivity index (χ1v) is 6.36. The highest BCUT2D eigenvalue weighted by Crippen LogP contribution is 2.38. The third-order valence-electron chi connectivity index (χ3n) is 3.85. The van der Waals surface area contributed by atoms with Crippen LogP contribution in [0.4, 0.5) is 0 Å². The van der Waals surface area contributed by atoms with Gasteiger partial charge in [-0.15, -0.1) is 0 Å². The molecule has 0 heterocycles. The van der Waals surface area contributed by atoms with Crippen LogP contribution in [-0.2, 0) is 11.2 Å². The lowest BCUT2D eigenvalue weighted by Crippen LogP contribution is -2.23. The standard InChI is InChI=1S/C15H20O/c1-3-11(4-2)15(16)10-13-9-12-7-5-6-8-14(12)13/h5-8,11,13H,3-4,9-10H2,1-2H3. The van der Waals surface area contributed by atoms with Gasteiger partial charge in [0.15, 0.2) is 0 Å². The molecule has 1 aliphatic carbocycles. The van der Waals surface area contributed by atoms with E-state index < -0.39 is 0 Å². The van der Waals surface area contributed by atoms with E-state index in [0.717, 1.165) is 25.7 Å². The van der Waals surface area contributed by atoms with E-state index in [1.54, 1.807) is 0 Å². The number of hydrogen-bond acceptors (Lipinski definition) is 1. The molecule has 1 aromatic rings. The molecule has 1 heteroatoms. The quantitative estimate of drug-likeness (QED) is 0.733. The molecule has 0 saturated carbocycles. The van der Waals surface area contributed by atoms with Gasteiger partial charge >= 0.3 is 0 Å². The minimum Gasteiger partial charge on any atom is -0.299 e. The van der Waals surface area contributed by atoms with Crippen molar-refractivity contribution >= 4 is 5.78 Å². The van der Waals surface area contributed by atoms with Gasteiger partial charge in [-0.05, 0) is 36.3 Å². The molecule has 0 saturated heterocycles. The summed E-state index contributed by atoms with van der Waals surface area (Å²) in [5, 5.41) is 0. The molecular weight excluding hydrogens is 196 g/mol. The van der Waals surface area contributed by atoms with Crippen LogP contribution in [0, 0.1) is 5.92 Å². The summed E-state index contributed by atoms with van der Waals surface area (Å²) in [6, 6.07) is 8.50. The van der Waals surface area contributed by atoms with Gasteiger partial charge in [-0.1, -0.05) is 38.1 Å². The summed E-state index contributed by atoms with van der Waals surface area (Å²) in [7, 11) is 0. The van der Waals surface area contributed by atoms with Crippen LogP contribution in [0.15, 0.2) is 24.3 Å². The van der Waals surface area contributed by atoms with Crippen LogP contribution in [-0.4, -0.2) is 5.78 Å². The Morgan fingerprint density at radius 1 is 1.31 bits per heavy atom. The summed E-state index contributed by atoms with van der Waals surface area (Å²) in [4.78, 5) is 12.0. The maximum absolute atomic E-state index is 12.0. The number of hydrogen-bond donors (Lipinski definition) is 0. The van der Waals surface area contributed by atoms with Crippen molar-refractivity contribution in [3.8, 4) is 0 Å². The normalized spacial score (nSPS) is 18.1. The molecule has 2 rings (SSSR count). The summed E-state index contributed by atoms with van der Waals surface area (Å²) >= 11 is 0. The molecule has 86 valence electrons. The highest BCUT2D eigenvalue weighted by atomic mass is 16.1. The molecule has 0 N–H and O–H groups in total. The van der Waals surface area contributed by atoms with Crippen LogP contribution in [0.25, 0.3) is 0 Å². The van der Waals surface area contributed by atoms with Crippen LogP contribution in [0.1, 0.15) is 50.2 Å². The highest BCUT2D eigenvalue weighted by molar-refractivity contribution is 5.82. The largest absolute Gasteiger partial charge is 0.299 e. The van der Waals surface area contributed by atoms with E-state index >= 15 is 0 Å². The molecule has 16 heavy (non-hydrogen) atoms. The number of carbonyl (C=O) groups is 1. The number of benzene rings is 1. The van der Waals surface area contributed by atoms with E-state index in [0.29, 0.717) is 11.7 Å². The molecule has 1 atom stereocenters. The fourth-order valence-corrected chi connectivity index (χ4v) is 2.70. The molecule has 0 spiro atoms. The highest BCUT2D eigenvalue weighted by Gasteiger charge is 2.28. The van der Waals surface area contributed by atoms with E-state index in [1.165, 1.54) is 11.1 Å². The van der Waals surface area contributed by atoms with Gasteiger partial charge in [0, 0.05) is 12.3 Å². The predicted octanol–water partition coefficient (Wildman–Crippen LogP) is 3.72. The third kappa shape index (κ3) is 2.04. The summed E-state index contributed by atoms with van der Waals surface area (Å²) in [6.07, 6.45) is 3.83. The van der Waals surface area contributed by atoms with Crippen molar-refractivity contribution in [2.24, 2.45) is 5.92 Å². The second kappa shape index (κ2) is 4.82. The summed E-state index contributed by atoms with van der Waals surface area (Å²) < 4.78 is 0. The summed E-state index contributed by atoms with van der Waals surface area (Å²) in [5.41, 5.74) is 2.84. The Kier molecular flexibility index (Phi) is 3.42. The Bertz CT molecular complexity index is 377. The molecule has 0 radical (unpaired) electrons. The van der Waals surface area contributed by atoms with Gasteiger partial charge in [0.2, 0.25) is 0 Å². The average molecular weight is 216 g/mol. The lowest BCUT2D eigenvalue weighted by Gasteiger charge is -2.30. The Hall–Kier alpha value is -1.11. The van der Waals surface area contributed by atoms with E-state index in [4.69, 9.17) is 0 Å². The number of carbonyl (C=O) groups excluding carboxylic acids is 1. The minimum atomic E-state index is 0.285. The van der Waals surface area contributed by atoms with Crippen molar-refractivity contribution in [1.29, 1.82) is 0 Å². The lowest BCUT2D eigenvalue weighted by molar-refractivity contribution is -0.123. The smallest absolute Gasteiger partial charge is 0.136 e. The number of rotatable bonds is 5. The fraction of sp³-hybridized carbons (Fsp3) is 0.533. The van der Waals surface area contributed by atoms with Crippen molar-refractivity contribution in [1.82, 2.24) is 0 Å². The Labute approximate surface area is 97.9 Å². The van der Waals surface area contributed by atoms with Crippen molar-refractivity contribution < 1.29 is 4.79 Å². The molecular formula is C15H20O. The number of Topliss-reactive ketones (excluding diaryl/α,β-unsaturated/α-hetero) is 1. The molecule has 1 aliphatic rings. The van der Waals surface area contributed by atoms with Gasteiger partial charge < -0.3 is 0 Å². The van der Waals surface area contributed by atoms with Gasteiger partial charge in [0.05, 0.1) is 0 Å². The van der Waals surface area contributed by atoms with Crippen LogP contribution in [0.2, 0.25) is 0 Å². The van der Waals surface area contributed by atoms with E-state index in [-0.39, 0.29) is 5.92 Å². The van der Waals surface area contributed by atoms with Crippen molar-refractivity contribution in [3.05, 3.63) is 35.4 Å². The molecule has 1 nitrogen and oxygen atoms in total. The monoisotopic (exact) mass is 216 g/mol. The Morgan fingerprint density at radius 3 is 2.62 bits per heavy atom. The summed E-state index contributed by atoms with van der Waals surface area (Å²) in [5.74, 6) is 1.25. The van der Waals surface area contributed by atoms with Crippen LogP contribution < -0.4 is 0 Å². The molecule has 1 aromatic carbocycles. The zero-order chi connectivity index (χ0) is 11.5. The van der Waals surface area contributed by atoms with Crippen molar-refractivity contribution in [2.45, 2.75) is 45.4 Å². The van der Waals surface area contributed by atoms with Crippen molar-refractivity contribution in [2.75, 3.05) is 0 Å². The van der Waals surface area contributed by atoms with E-state index in [2.05, 4.69) is 38.1 Å². The number of fused-ring (bicyclic) bond motifs is 1. The minimum absolute atomic E-state index is 0.285. The molecule has 1 unspecified atom stereocenters. The van der Waals surface area contributed by atoms with Gasteiger partial charge in [-0.3, -0.25) is 4.79 Å². The van der Waals surface area contributed by atoms with E-state index in [1.807, 2.05) is 0 Å². The molecule has 0 aromatic heterocycles. The molecule has 0 amide bonds. The topological polar surface area (TPSA) is 17.1 Å². The SMILES string of the molecule is CCC(CC)C(=O)CC1Cc2ccccc21. The zero-order valence-electron chi connectivity index (χ0n) is 10.2.